The van der Waals surface area contributed by atoms with Crippen molar-refractivity contribution >= 4 is 11.3 Å². The molecule has 3 nitrogen and oxygen atoms in total. The van der Waals surface area contributed by atoms with Crippen LogP contribution >= 0.6 is 11.3 Å². The van der Waals surface area contributed by atoms with E-state index in [4.69, 9.17) is 0 Å². The molecule has 0 aromatic carbocycles. The van der Waals surface area contributed by atoms with Gasteiger partial charge in [0.25, 0.3) is 0 Å². The molecular formula is C13H23N3S. The van der Waals surface area contributed by atoms with Gasteiger partial charge in [-0.05, 0) is 51.2 Å². The summed E-state index contributed by atoms with van der Waals surface area (Å²) in [5.41, 5.74) is 0. The quantitative estimate of drug-likeness (QED) is 0.763. The number of piperidine rings is 1. The predicted molar refractivity (Wildman–Crippen MR) is 73.4 cm³/mol. The van der Waals surface area contributed by atoms with Crippen LogP contribution in [0.15, 0.2) is 6.20 Å². The van der Waals surface area contributed by atoms with Crippen LogP contribution in [-0.2, 0) is 13.0 Å². The van der Waals surface area contributed by atoms with Crippen LogP contribution in [-0.4, -0.2) is 24.6 Å². The first-order chi connectivity index (χ1) is 8.38. The van der Waals surface area contributed by atoms with Crippen molar-refractivity contribution in [2.45, 2.75) is 39.2 Å². The van der Waals surface area contributed by atoms with Gasteiger partial charge in [-0.25, -0.2) is 4.98 Å². The SMILES string of the molecule is CCc1cnc(CNCCC2CCCNC2)s1. The van der Waals surface area contributed by atoms with Crippen LogP contribution in [0.3, 0.4) is 0 Å². The molecule has 1 fully saturated rings. The lowest BCUT2D eigenvalue weighted by Gasteiger charge is -2.22. The molecule has 1 atom stereocenters. The van der Waals surface area contributed by atoms with Crippen molar-refractivity contribution in [2.75, 3.05) is 19.6 Å². The van der Waals surface area contributed by atoms with Crippen molar-refractivity contribution in [1.82, 2.24) is 15.6 Å². The molecule has 1 aliphatic heterocycles. The highest BCUT2D eigenvalue weighted by molar-refractivity contribution is 7.11. The van der Waals surface area contributed by atoms with Crippen molar-refractivity contribution in [3.8, 4) is 0 Å². The van der Waals surface area contributed by atoms with Gasteiger partial charge in [0.15, 0.2) is 0 Å². The maximum Gasteiger partial charge on any atom is 0.107 e. The van der Waals surface area contributed by atoms with E-state index >= 15 is 0 Å². The number of thiazole rings is 1. The van der Waals surface area contributed by atoms with Crippen LogP contribution in [0, 0.1) is 5.92 Å². The summed E-state index contributed by atoms with van der Waals surface area (Å²) in [5, 5.41) is 8.20. The summed E-state index contributed by atoms with van der Waals surface area (Å²) in [6.07, 6.45) is 7.14. The molecule has 1 unspecified atom stereocenters. The van der Waals surface area contributed by atoms with Crippen LogP contribution in [0.5, 0.6) is 0 Å². The van der Waals surface area contributed by atoms with E-state index in [0.717, 1.165) is 25.4 Å². The van der Waals surface area contributed by atoms with Gasteiger partial charge in [0.1, 0.15) is 5.01 Å². The van der Waals surface area contributed by atoms with Gasteiger partial charge >= 0.3 is 0 Å². The molecule has 0 amide bonds. The van der Waals surface area contributed by atoms with Gasteiger partial charge in [-0.1, -0.05) is 6.92 Å². The van der Waals surface area contributed by atoms with Gasteiger partial charge in [0.2, 0.25) is 0 Å². The first kappa shape index (κ1) is 13.0. The Labute approximate surface area is 108 Å². The molecule has 1 aromatic heterocycles. The molecule has 4 heteroatoms. The first-order valence-corrected chi connectivity index (χ1v) is 7.55. The lowest BCUT2D eigenvalue weighted by atomic mass is 9.96. The predicted octanol–water partition coefficient (Wildman–Crippen LogP) is 2.18. The zero-order valence-electron chi connectivity index (χ0n) is 10.7. The molecule has 96 valence electrons. The van der Waals surface area contributed by atoms with E-state index in [9.17, 15) is 0 Å². The Balaban J connectivity index is 1.59. The van der Waals surface area contributed by atoms with Gasteiger partial charge in [0, 0.05) is 17.6 Å². The van der Waals surface area contributed by atoms with E-state index in [1.54, 1.807) is 0 Å². The maximum absolute atomic E-state index is 4.42. The molecule has 1 aliphatic rings. The fourth-order valence-electron chi connectivity index (χ4n) is 2.27. The number of aryl methyl sites for hydroxylation is 1. The summed E-state index contributed by atoms with van der Waals surface area (Å²) >= 11 is 1.83. The van der Waals surface area contributed by atoms with Crippen molar-refractivity contribution in [3.63, 3.8) is 0 Å². The number of nitrogens with one attached hydrogen (secondary N) is 2. The largest absolute Gasteiger partial charge is 0.316 e. The average Bonchev–Trinajstić information content (AvgIpc) is 2.84. The summed E-state index contributed by atoms with van der Waals surface area (Å²) in [5.74, 6) is 0.874. The average molecular weight is 253 g/mol. The molecule has 0 bridgehead atoms. The van der Waals surface area contributed by atoms with E-state index in [0.29, 0.717) is 0 Å². The molecule has 0 saturated carbocycles. The summed E-state index contributed by atoms with van der Waals surface area (Å²) in [4.78, 5) is 5.80. The Morgan fingerprint density at radius 1 is 1.59 bits per heavy atom. The molecule has 17 heavy (non-hydrogen) atoms. The van der Waals surface area contributed by atoms with Gasteiger partial charge in [-0.2, -0.15) is 0 Å². The van der Waals surface area contributed by atoms with E-state index in [2.05, 4.69) is 22.5 Å². The standard InChI is InChI=1S/C13H23N3S/c1-2-12-9-16-13(17-12)10-15-7-5-11-4-3-6-14-8-11/h9,11,14-15H,2-8,10H2,1H3. The van der Waals surface area contributed by atoms with E-state index in [1.165, 1.54) is 42.2 Å². The van der Waals surface area contributed by atoms with E-state index in [-0.39, 0.29) is 0 Å². The third-order valence-corrected chi connectivity index (χ3v) is 4.50. The van der Waals surface area contributed by atoms with Gasteiger partial charge < -0.3 is 10.6 Å². The second-order valence-electron chi connectivity index (χ2n) is 4.75. The van der Waals surface area contributed by atoms with Gasteiger partial charge in [-0.15, -0.1) is 11.3 Å². The van der Waals surface area contributed by atoms with E-state index < -0.39 is 0 Å². The lowest BCUT2D eigenvalue weighted by molar-refractivity contribution is 0.352. The van der Waals surface area contributed by atoms with Crippen LogP contribution in [0.1, 0.15) is 36.1 Å². The van der Waals surface area contributed by atoms with Gasteiger partial charge in [-0.3, -0.25) is 0 Å². The minimum absolute atomic E-state index is 0.874. The van der Waals surface area contributed by atoms with E-state index in [1.807, 2.05) is 17.5 Å². The molecule has 1 saturated heterocycles. The minimum atomic E-state index is 0.874. The highest BCUT2D eigenvalue weighted by atomic mass is 32.1. The van der Waals surface area contributed by atoms with Crippen molar-refractivity contribution in [3.05, 3.63) is 16.1 Å². The van der Waals surface area contributed by atoms with Crippen molar-refractivity contribution in [1.29, 1.82) is 0 Å². The molecular weight excluding hydrogens is 230 g/mol. The van der Waals surface area contributed by atoms with Gasteiger partial charge in [0.05, 0.1) is 0 Å². The maximum atomic E-state index is 4.42. The third-order valence-electron chi connectivity index (χ3n) is 3.35. The topological polar surface area (TPSA) is 37.0 Å². The lowest BCUT2D eigenvalue weighted by Crippen LogP contribution is -2.31. The Kier molecular flexibility index (Phi) is 5.42. The highest BCUT2D eigenvalue weighted by Crippen LogP contribution is 2.14. The molecule has 2 heterocycles. The van der Waals surface area contributed by atoms with Crippen LogP contribution in [0.2, 0.25) is 0 Å². The molecule has 2 rings (SSSR count). The second kappa shape index (κ2) is 7.09. The number of nitrogens with zero attached hydrogens (tertiary/aromatic N) is 1. The van der Waals surface area contributed by atoms with Crippen LogP contribution in [0.4, 0.5) is 0 Å². The summed E-state index contributed by atoms with van der Waals surface area (Å²) < 4.78 is 0. The third kappa shape index (κ3) is 4.37. The minimum Gasteiger partial charge on any atom is -0.316 e. The smallest absolute Gasteiger partial charge is 0.107 e. The number of hydrogen-bond donors (Lipinski definition) is 2. The fraction of sp³-hybridized carbons (Fsp3) is 0.769. The number of hydrogen-bond acceptors (Lipinski definition) is 4. The van der Waals surface area contributed by atoms with Crippen molar-refractivity contribution < 1.29 is 0 Å². The molecule has 0 aliphatic carbocycles. The Bertz CT molecular complexity index is 318. The zero-order valence-corrected chi connectivity index (χ0v) is 11.5. The molecule has 2 N–H and O–H groups in total. The first-order valence-electron chi connectivity index (χ1n) is 6.73. The number of rotatable bonds is 6. The summed E-state index contributed by atoms with van der Waals surface area (Å²) in [6, 6.07) is 0. The van der Waals surface area contributed by atoms with Crippen molar-refractivity contribution in [2.24, 2.45) is 5.92 Å². The molecule has 0 radical (unpaired) electrons. The van der Waals surface area contributed by atoms with Crippen LogP contribution < -0.4 is 10.6 Å². The molecule has 1 aromatic rings. The Hall–Kier alpha value is -0.450. The zero-order chi connectivity index (χ0) is 11.9. The van der Waals surface area contributed by atoms with Crippen LogP contribution in [0.25, 0.3) is 0 Å². The number of aromatic nitrogens is 1. The fourth-order valence-corrected chi connectivity index (χ4v) is 3.10. The Morgan fingerprint density at radius 3 is 3.24 bits per heavy atom. The second-order valence-corrected chi connectivity index (χ2v) is 5.95. The summed E-state index contributed by atoms with van der Waals surface area (Å²) in [6.45, 7) is 6.65. The summed E-state index contributed by atoms with van der Waals surface area (Å²) in [7, 11) is 0. The Morgan fingerprint density at radius 2 is 2.53 bits per heavy atom. The highest BCUT2D eigenvalue weighted by Gasteiger charge is 2.11. The monoisotopic (exact) mass is 253 g/mol. The molecule has 0 spiro atoms. The normalized spacial score (nSPS) is 20.6.